The number of rotatable bonds is 7. The van der Waals surface area contributed by atoms with E-state index in [0.717, 1.165) is 30.0 Å². The molecular formula is C20H24N2O2S. The fourth-order valence-electron chi connectivity index (χ4n) is 2.73. The SMILES string of the molecule is CCCCc1ccc(NC(=O)c2ccnc(OC3CCSC3)c2)cc1. The van der Waals surface area contributed by atoms with Crippen LogP contribution in [0, 0.1) is 0 Å². The number of hydrogen-bond acceptors (Lipinski definition) is 4. The molecule has 1 aromatic heterocycles. The van der Waals surface area contributed by atoms with Crippen molar-refractivity contribution in [3.8, 4) is 5.88 Å². The molecule has 5 heteroatoms. The van der Waals surface area contributed by atoms with Crippen molar-refractivity contribution in [2.24, 2.45) is 0 Å². The zero-order valence-corrected chi connectivity index (χ0v) is 15.3. The maximum Gasteiger partial charge on any atom is 0.255 e. The smallest absolute Gasteiger partial charge is 0.255 e. The van der Waals surface area contributed by atoms with Gasteiger partial charge in [-0.15, -0.1) is 0 Å². The number of aryl methyl sites for hydroxylation is 1. The first-order valence-electron chi connectivity index (χ1n) is 8.85. The number of carbonyl (C=O) groups excluding carboxylic acids is 1. The Morgan fingerprint density at radius 2 is 2.16 bits per heavy atom. The van der Waals surface area contributed by atoms with Crippen LogP contribution in [0.1, 0.15) is 42.1 Å². The highest BCUT2D eigenvalue weighted by molar-refractivity contribution is 7.99. The third kappa shape index (κ3) is 5.23. The zero-order valence-electron chi connectivity index (χ0n) is 14.5. The standard InChI is InChI=1S/C20H24N2O2S/c1-2-3-4-15-5-7-17(8-6-15)22-20(23)16-9-11-21-19(13-16)24-18-10-12-25-14-18/h5-9,11,13,18H,2-4,10,12,14H2,1H3,(H,22,23). The minimum Gasteiger partial charge on any atom is -0.473 e. The maximum atomic E-state index is 12.5. The predicted octanol–water partition coefficient (Wildman–Crippen LogP) is 4.56. The number of thioether (sulfide) groups is 1. The maximum absolute atomic E-state index is 12.5. The second-order valence-electron chi connectivity index (χ2n) is 6.24. The molecule has 1 atom stereocenters. The van der Waals surface area contributed by atoms with E-state index in [1.165, 1.54) is 18.4 Å². The van der Waals surface area contributed by atoms with Crippen molar-refractivity contribution in [1.29, 1.82) is 0 Å². The summed E-state index contributed by atoms with van der Waals surface area (Å²) in [5.74, 6) is 2.49. The van der Waals surface area contributed by atoms with Crippen LogP contribution in [0.2, 0.25) is 0 Å². The fraction of sp³-hybridized carbons (Fsp3) is 0.400. The van der Waals surface area contributed by atoms with Gasteiger partial charge in [-0.25, -0.2) is 4.98 Å². The average molecular weight is 356 g/mol. The lowest BCUT2D eigenvalue weighted by atomic mass is 10.1. The highest BCUT2D eigenvalue weighted by Gasteiger charge is 2.18. The molecule has 0 spiro atoms. The summed E-state index contributed by atoms with van der Waals surface area (Å²) in [6, 6.07) is 11.5. The number of aromatic nitrogens is 1. The van der Waals surface area contributed by atoms with E-state index in [4.69, 9.17) is 4.74 Å². The van der Waals surface area contributed by atoms with Crippen LogP contribution in [0.15, 0.2) is 42.6 Å². The molecule has 1 unspecified atom stereocenters. The molecule has 1 amide bonds. The van der Waals surface area contributed by atoms with Crippen LogP contribution >= 0.6 is 11.8 Å². The summed E-state index contributed by atoms with van der Waals surface area (Å²) < 4.78 is 5.86. The van der Waals surface area contributed by atoms with Crippen LogP contribution in [0.25, 0.3) is 0 Å². The first-order valence-corrected chi connectivity index (χ1v) is 10.0. The zero-order chi connectivity index (χ0) is 17.5. The number of amides is 1. The minimum absolute atomic E-state index is 0.144. The van der Waals surface area contributed by atoms with E-state index in [1.807, 2.05) is 23.9 Å². The second kappa shape index (κ2) is 8.90. The van der Waals surface area contributed by atoms with Crippen molar-refractivity contribution < 1.29 is 9.53 Å². The first-order chi connectivity index (χ1) is 12.2. The van der Waals surface area contributed by atoms with Gasteiger partial charge < -0.3 is 10.1 Å². The number of benzene rings is 1. The number of nitrogens with one attached hydrogen (secondary N) is 1. The van der Waals surface area contributed by atoms with Gasteiger partial charge in [0.1, 0.15) is 6.10 Å². The monoisotopic (exact) mass is 356 g/mol. The second-order valence-corrected chi connectivity index (χ2v) is 7.39. The molecule has 25 heavy (non-hydrogen) atoms. The van der Waals surface area contributed by atoms with Crippen molar-refractivity contribution >= 4 is 23.4 Å². The van der Waals surface area contributed by atoms with E-state index < -0.39 is 0 Å². The molecular weight excluding hydrogens is 332 g/mol. The third-order valence-corrected chi connectivity index (χ3v) is 5.34. The van der Waals surface area contributed by atoms with Crippen LogP contribution < -0.4 is 10.1 Å². The highest BCUT2D eigenvalue weighted by Crippen LogP contribution is 2.22. The number of nitrogens with zero attached hydrogens (tertiary/aromatic N) is 1. The van der Waals surface area contributed by atoms with Crippen LogP contribution in [0.4, 0.5) is 5.69 Å². The Morgan fingerprint density at radius 1 is 1.32 bits per heavy atom. The Bertz CT molecular complexity index is 697. The van der Waals surface area contributed by atoms with E-state index in [0.29, 0.717) is 11.4 Å². The van der Waals surface area contributed by atoms with E-state index in [-0.39, 0.29) is 12.0 Å². The molecule has 0 aliphatic carbocycles. The number of hydrogen-bond donors (Lipinski definition) is 1. The molecule has 3 rings (SSSR count). The number of ether oxygens (including phenoxy) is 1. The lowest BCUT2D eigenvalue weighted by Crippen LogP contribution is -2.17. The van der Waals surface area contributed by atoms with Crippen molar-refractivity contribution in [3.63, 3.8) is 0 Å². The van der Waals surface area contributed by atoms with E-state index in [1.54, 1.807) is 18.3 Å². The Balaban J connectivity index is 1.60. The predicted molar refractivity (Wildman–Crippen MR) is 104 cm³/mol. The quantitative estimate of drug-likeness (QED) is 0.790. The van der Waals surface area contributed by atoms with Gasteiger partial charge in [0.2, 0.25) is 5.88 Å². The Morgan fingerprint density at radius 3 is 2.88 bits per heavy atom. The fourth-order valence-corrected chi connectivity index (χ4v) is 3.82. The molecule has 132 valence electrons. The van der Waals surface area contributed by atoms with Gasteiger partial charge in [-0.05, 0) is 48.8 Å². The number of carbonyl (C=O) groups is 1. The van der Waals surface area contributed by atoms with Crippen molar-refractivity contribution in [2.75, 3.05) is 16.8 Å². The molecule has 1 aromatic carbocycles. The summed E-state index contributed by atoms with van der Waals surface area (Å²) in [5, 5.41) is 2.94. The van der Waals surface area contributed by atoms with E-state index in [2.05, 4.69) is 29.4 Å². The van der Waals surface area contributed by atoms with Gasteiger partial charge >= 0.3 is 0 Å². The van der Waals surface area contributed by atoms with Gasteiger partial charge in [-0.2, -0.15) is 11.8 Å². The van der Waals surface area contributed by atoms with E-state index in [9.17, 15) is 4.79 Å². The molecule has 2 aromatic rings. The highest BCUT2D eigenvalue weighted by atomic mass is 32.2. The summed E-state index contributed by atoms with van der Waals surface area (Å²) in [7, 11) is 0. The minimum atomic E-state index is -0.144. The summed E-state index contributed by atoms with van der Waals surface area (Å²) >= 11 is 1.89. The number of pyridine rings is 1. The van der Waals surface area contributed by atoms with Gasteiger partial charge in [0.25, 0.3) is 5.91 Å². The van der Waals surface area contributed by atoms with Gasteiger partial charge in [-0.3, -0.25) is 4.79 Å². The summed E-state index contributed by atoms with van der Waals surface area (Å²) in [5.41, 5.74) is 2.66. The summed E-state index contributed by atoms with van der Waals surface area (Å²) in [6.07, 6.45) is 6.31. The molecule has 0 radical (unpaired) electrons. The van der Waals surface area contributed by atoms with Crippen LogP contribution in [-0.4, -0.2) is 28.5 Å². The van der Waals surface area contributed by atoms with Gasteiger partial charge in [0, 0.05) is 29.3 Å². The molecule has 0 bridgehead atoms. The lowest BCUT2D eigenvalue weighted by Gasteiger charge is -2.12. The third-order valence-electron chi connectivity index (χ3n) is 4.20. The number of unbranched alkanes of at least 4 members (excludes halogenated alkanes) is 1. The van der Waals surface area contributed by atoms with Crippen LogP contribution in [0.3, 0.4) is 0 Å². The Kier molecular flexibility index (Phi) is 6.34. The first kappa shape index (κ1) is 17.8. The van der Waals surface area contributed by atoms with Crippen molar-refractivity contribution in [2.45, 2.75) is 38.7 Å². The largest absolute Gasteiger partial charge is 0.473 e. The topological polar surface area (TPSA) is 51.2 Å². The normalized spacial score (nSPS) is 16.6. The van der Waals surface area contributed by atoms with Gasteiger partial charge in [0.05, 0.1) is 0 Å². The van der Waals surface area contributed by atoms with Gasteiger partial charge in [0.15, 0.2) is 0 Å². The molecule has 0 saturated carbocycles. The molecule has 1 N–H and O–H groups in total. The Hall–Kier alpha value is -2.01. The van der Waals surface area contributed by atoms with Gasteiger partial charge in [-0.1, -0.05) is 25.5 Å². The lowest BCUT2D eigenvalue weighted by molar-refractivity contribution is 0.102. The van der Waals surface area contributed by atoms with Crippen molar-refractivity contribution in [3.05, 3.63) is 53.7 Å². The summed E-state index contributed by atoms with van der Waals surface area (Å²) in [4.78, 5) is 16.7. The molecule has 1 aliphatic heterocycles. The van der Waals surface area contributed by atoms with Crippen LogP contribution in [0.5, 0.6) is 5.88 Å². The number of anilines is 1. The Labute approximate surface area is 153 Å². The van der Waals surface area contributed by atoms with Crippen LogP contribution in [-0.2, 0) is 6.42 Å². The molecule has 2 heterocycles. The molecule has 1 aliphatic rings. The molecule has 1 saturated heterocycles. The van der Waals surface area contributed by atoms with Crippen molar-refractivity contribution in [1.82, 2.24) is 4.98 Å². The molecule has 1 fully saturated rings. The summed E-state index contributed by atoms with van der Waals surface area (Å²) in [6.45, 7) is 2.19. The molecule has 4 nitrogen and oxygen atoms in total. The van der Waals surface area contributed by atoms with E-state index >= 15 is 0 Å². The average Bonchev–Trinajstić information content (AvgIpc) is 3.14.